The van der Waals surface area contributed by atoms with Crippen LogP contribution in [0.2, 0.25) is 5.02 Å². The van der Waals surface area contributed by atoms with Gasteiger partial charge >= 0.3 is 5.97 Å². The highest BCUT2D eigenvalue weighted by atomic mass is 35.5. The number of benzene rings is 1. The summed E-state index contributed by atoms with van der Waals surface area (Å²) in [6, 6.07) is 3.07. The third kappa shape index (κ3) is 4.75. The molecular weight excluding hydrogens is 316 g/mol. The molecule has 1 heterocycles. The largest absolute Gasteiger partial charge is 0.494 e. The van der Waals surface area contributed by atoms with E-state index in [9.17, 15) is 4.79 Å². The summed E-state index contributed by atoms with van der Waals surface area (Å²) in [5.74, 6) is 1.21. The van der Waals surface area contributed by atoms with Crippen molar-refractivity contribution in [1.29, 1.82) is 0 Å². The van der Waals surface area contributed by atoms with Crippen LogP contribution in [-0.2, 0) is 4.74 Å². The van der Waals surface area contributed by atoms with Crippen molar-refractivity contribution in [2.24, 2.45) is 11.8 Å². The van der Waals surface area contributed by atoms with Gasteiger partial charge in [0.15, 0.2) is 5.75 Å². The van der Waals surface area contributed by atoms with Crippen molar-refractivity contribution in [3.05, 3.63) is 22.7 Å². The van der Waals surface area contributed by atoms with E-state index in [0.717, 1.165) is 19.6 Å². The second-order valence-electron chi connectivity index (χ2n) is 6.42. The topological polar surface area (TPSA) is 64.8 Å². The fourth-order valence-electron chi connectivity index (χ4n) is 3.31. The maximum atomic E-state index is 12.3. The van der Waals surface area contributed by atoms with Crippen LogP contribution in [0.15, 0.2) is 12.1 Å². The molecule has 0 unspecified atom stereocenters. The van der Waals surface area contributed by atoms with Gasteiger partial charge in [-0.15, -0.1) is 0 Å². The van der Waals surface area contributed by atoms with Gasteiger partial charge in [0.25, 0.3) is 0 Å². The summed E-state index contributed by atoms with van der Waals surface area (Å²) in [7, 11) is 1.47. The van der Waals surface area contributed by atoms with E-state index in [2.05, 4.69) is 18.7 Å². The summed E-state index contributed by atoms with van der Waals surface area (Å²) in [6.45, 7) is 7.69. The quantitative estimate of drug-likeness (QED) is 0.659. The van der Waals surface area contributed by atoms with Crippen LogP contribution >= 0.6 is 11.6 Å². The van der Waals surface area contributed by atoms with Crippen LogP contribution < -0.4 is 10.5 Å². The zero-order valence-corrected chi connectivity index (χ0v) is 14.7. The number of piperidine rings is 1. The van der Waals surface area contributed by atoms with E-state index in [4.69, 9.17) is 26.8 Å². The van der Waals surface area contributed by atoms with Crippen LogP contribution in [0.25, 0.3) is 0 Å². The average Bonchev–Trinajstić information content (AvgIpc) is 2.45. The minimum absolute atomic E-state index is 0.262. The van der Waals surface area contributed by atoms with E-state index in [1.165, 1.54) is 19.6 Å². The zero-order valence-electron chi connectivity index (χ0n) is 14.0. The normalized spacial score (nSPS) is 21.9. The van der Waals surface area contributed by atoms with Gasteiger partial charge in [0.05, 0.1) is 12.8 Å². The van der Waals surface area contributed by atoms with Gasteiger partial charge in [-0.1, -0.05) is 25.4 Å². The molecule has 0 bridgehead atoms. The molecule has 2 rings (SSSR count). The van der Waals surface area contributed by atoms with Crippen molar-refractivity contribution in [3.8, 4) is 5.75 Å². The molecule has 0 spiro atoms. The number of ether oxygens (including phenoxy) is 2. The molecule has 1 saturated heterocycles. The molecule has 0 saturated carbocycles. The smallest absolute Gasteiger partial charge is 0.342 e. The minimum atomic E-state index is -0.464. The van der Waals surface area contributed by atoms with E-state index in [1.807, 2.05) is 0 Å². The lowest BCUT2D eigenvalue weighted by atomic mass is 9.92. The Morgan fingerprint density at radius 2 is 2.00 bits per heavy atom. The number of halogens is 1. The second-order valence-corrected chi connectivity index (χ2v) is 6.85. The van der Waals surface area contributed by atoms with Crippen molar-refractivity contribution in [1.82, 2.24) is 4.90 Å². The molecule has 0 radical (unpaired) electrons. The van der Waals surface area contributed by atoms with Crippen LogP contribution in [-0.4, -0.2) is 44.2 Å². The Bertz CT molecular complexity index is 555. The number of anilines is 1. The fraction of sp³-hybridized carbons (Fsp3) is 0.588. The molecule has 128 valence electrons. The number of carbonyl (C=O) groups is 1. The van der Waals surface area contributed by atoms with Gasteiger partial charge in [0, 0.05) is 24.7 Å². The van der Waals surface area contributed by atoms with Crippen molar-refractivity contribution >= 4 is 23.3 Å². The van der Waals surface area contributed by atoms with Crippen molar-refractivity contribution in [3.63, 3.8) is 0 Å². The lowest BCUT2D eigenvalue weighted by molar-refractivity contribution is 0.0412. The van der Waals surface area contributed by atoms with E-state index in [-0.39, 0.29) is 5.56 Å². The number of hydrogen-bond donors (Lipinski definition) is 1. The third-order valence-corrected chi connectivity index (χ3v) is 4.31. The Morgan fingerprint density at radius 3 is 2.61 bits per heavy atom. The Morgan fingerprint density at radius 1 is 1.35 bits per heavy atom. The maximum absolute atomic E-state index is 12.3. The highest BCUT2D eigenvalue weighted by molar-refractivity contribution is 6.31. The Kier molecular flexibility index (Phi) is 6.13. The van der Waals surface area contributed by atoms with Gasteiger partial charge in [-0.25, -0.2) is 4.79 Å². The molecule has 1 aromatic carbocycles. The van der Waals surface area contributed by atoms with E-state index in [0.29, 0.717) is 34.9 Å². The van der Waals surface area contributed by atoms with Gasteiger partial charge in [-0.2, -0.15) is 0 Å². The molecular formula is C17H25ClN2O3. The molecule has 0 aromatic heterocycles. The van der Waals surface area contributed by atoms with Crippen LogP contribution in [0, 0.1) is 11.8 Å². The number of nitrogens with two attached hydrogens (primary N) is 1. The van der Waals surface area contributed by atoms with Gasteiger partial charge in [0.2, 0.25) is 0 Å². The minimum Gasteiger partial charge on any atom is -0.494 e. The molecule has 0 amide bonds. The van der Waals surface area contributed by atoms with E-state index >= 15 is 0 Å². The molecule has 2 N–H and O–H groups in total. The second kappa shape index (κ2) is 7.88. The number of nitrogens with zero attached hydrogens (tertiary/aromatic N) is 1. The number of carbonyl (C=O) groups excluding carboxylic acids is 1. The highest BCUT2D eigenvalue weighted by Gasteiger charge is 2.22. The summed E-state index contributed by atoms with van der Waals surface area (Å²) in [4.78, 5) is 14.6. The van der Waals surface area contributed by atoms with Crippen LogP contribution in [0.5, 0.6) is 5.75 Å². The Hall–Kier alpha value is -1.46. The highest BCUT2D eigenvalue weighted by Crippen LogP contribution is 2.30. The van der Waals surface area contributed by atoms with E-state index in [1.54, 1.807) is 6.07 Å². The molecule has 6 heteroatoms. The average molecular weight is 341 g/mol. The monoisotopic (exact) mass is 340 g/mol. The molecule has 1 aliphatic heterocycles. The first-order valence-electron chi connectivity index (χ1n) is 7.93. The summed E-state index contributed by atoms with van der Waals surface area (Å²) >= 11 is 5.96. The number of esters is 1. The zero-order chi connectivity index (χ0) is 17.0. The molecule has 23 heavy (non-hydrogen) atoms. The standard InChI is InChI=1S/C17H25ClN2O3/c1-11-6-12(2)10-20(9-11)4-5-23-17(21)14-7-13(18)8-15(19)16(14)22-3/h7-8,11-12H,4-6,9-10,19H2,1-3H3/t11-,12+. The van der Waals surface area contributed by atoms with Crippen LogP contribution in [0.1, 0.15) is 30.6 Å². The number of hydrogen-bond acceptors (Lipinski definition) is 5. The summed E-state index contributed by atoms with van der Waals surface area (Å²) in [5.41, 5.74) is 6.41. The van der Waals surface area contributed by atoms with E-state index < -0.39 is 5.97 Å². The summed E-state index contributed by atoms with van der Waals surface area (Å²) < 4.78 is 10.6. The molecule has 2 atom stereocenters. The lowest BCUT2D eigenvalue weighted by Crippen LogP contribution is -2.40. The van der Waals surface area contributed by atoms with Crippen molar-refractivity contribution in [2.75, 3.05) is 39.1 Å². The molecule has 1 fully saturated rings. The van der Waals surface area contributed by atoms with Crippen molar-refractivity contribution in [2.45, 2.75) is 20.3 Å². The van der Waals surface area contributed by atoms with Gasteiger partial charge in [-0.3, -0.25) is 4.90 Å². The Labute approximate surface area is 142 Å². The molecule has 5 nitrogen and oxygen atoms in total. The number of rotatable bonds is 5. The van der Waals surface area contributed by atoms with Crippen LogP contribution in [0.4, 0.5) is 5.69 Å². The predicted octanol–water partition coefficient (Wildman–Crippen LogP) is 3.07. The summed E-state index contributed by atoms with van der Waals surface area (Å²) in [5, 5.41) is 0.383. The summed E-state index contributed by atoms with van der Waals surface area (Å²) in [6.07, 6.45) is 1.26. The van der Waals surface area contributed by atoms with Crippen LogP contribution in [0.3, 0.4) is 0 Å². The molecule has 1 aromatic rings. The lowest BCUT2D eigenvalue weighted by Gasteiger charge is -2.34. The first kappa shape index (κ1) is 17.9. The molecule has 1 aliphatic rings. The fourth-order valence-corrected chi connectivity index (χ4v) is 3.54. The Balaban J connectivity index is 1.93. The van der Waals surface area contributed by atoms with Crippen molar-refractivity contribution < 1.29 is 14.3 Å². The number of nitrogen functional groups attached to an aromatic ring is 1. The SMILES string of the molecule is COc1c(N)cc(Cl)cc1C(=O)OCCN1C[C@H](C)C[C@H](C)C1. The van der Waals surface area contributed by atoms with Gasteiger partial charge in [-0.05, 0) is 30.4 Å². The van der Waals surface area contributed by atoms with Gasteiger partial charge < -0.3 is 15.2 Å². The number of methoxy groups -OCH3 is 1. The van der Waals surface area contributed by atoms with Gasteiger partial charge in [0.1, 0.15) is 12.2 Å². The third-order valence-electron chi connectivity index (χ3n) is 4.09. The first-order valence-corrected chi connectivity index (χ1v) is 8.31. The first-order chi connectivity index (χ1) is 10.9. The molecule has 0 aliphatic carbocycles. The maximum Gasteiger partial charge on any atom is 0.342 e. The number of likely N-dealkylation sites (tertiary alicyclic amines) is 1. The predicted molar refractivity (Wildman–Crippen MR) is 92.1 cm³/mol.